The summed E-state index contributed by atoms with van der Waals surface area (Å²) in [6.07, 6.45) is 2.37. The first-order valence-corrected chi connectivity index (χ1v) is 8.48. The third kappa shape index (κ3) is 3.12. The van der Waals surface area contributed by atoms with Gasteiger partial charge in [0, 0.05) is 5.56 Å². The summed E-state index contributed by atoms with van der Waals surface area (Å²) in [4.78, 5) is 26.0. The van der Waals surface area contributed by atoms with Gasteiger partial charge in [-0.05, 0) is 63.1 Å². The number of benzene rings is 2. The molecule has 1 aliphatic rings. The summed E-state index contributed by atoms with van der Waals surface area (Å²) < 4.78 is 14.3. The molecule has 134 valence electrons. The molecule has 0 aromatic heterocycles. The van der Waals surface area contributed by atoms with E-state index in [1.807, 2.05) is 39.0 Å². The molecule has 2 aromatic rings. The van der Waals surface area contributed by atoms with Gasteiger partial charge in [0.15, 0.2) is 5.78 Å². The van der Waals surface area contributed by atoms with E-state index in [0.29, 0.717) is 11.3 Å². The first-order valence-electron chi connectivity index (χ1n) is 8.48. The molecule has 1 atom stereocenters. The number of anilines is 2. The SMILES string of the molecule is CC(=O)/C=C/c1cc2c(cc1F)NC(C)N(c1c(C)cccc1C)C2=O. The van der Waals surface area contributed by atoms with Crippen molar-refractivity contribution in [3.05, 3.63) is 64.5 Å². The number of ketones is 1. The third-order valence-corrected chi connectivity index (χ3v) is 4.52. The van der Waals surface area contributed by atoms with Crippen LogP contribution in [0.1, 0.15) is 40.9 Å². The molecule has 1 amide bonds. The van der Waals surface area contributed by atoms with Crippen molar-refractivity contribution >= 4 is 29.1 Å². The Morgan fingerprint density at radius 1 is 1.23 bits per heavy atom. The zero-order valence-electron chi connectivity index (χ0n) is 15.3. The van der Waals surface area contributed by atoms with Crippen LogP contribution in [-0.2, 0) is 4.79 Å². The highest BCUT2D eigenvalue weighted by Crippen LogP contribution is 2.34. The molecule has 0 saturated carbocycles. The Morgan fingerprint density at radius 3 is 2.50 bits per heavy atom. The summed E-state index contributed by atoms with van der Waals surface area (Å²) in [6, 6.07) is 8.68. The number of nitrogens with zero attached hydrogens (tertiary/aromatic N) is 1. The number of halogens is 1. The third-order valence-electron chi connectivity index (χ3n) is 4.52. The van der Waals surface area contributed by atoms with E-state index in [-0.39, 0.29) is 23.4 Å². The normalized spacial score (nSPS) is 16.6. The highest BCUT2D eigenvalue weighted by atomic mass is 19.1. The van der Waals surface area contributed by atoms with Crippen LogP contribution in [0, 0.1) is 19.7 Å². The summed E-state index contributed by atoms with van der Waals surface area (Å²) >= 11 is 0. The summed E-state index contributed by atoms with van der Waals surface area (Å²) in [5.41, 5.74) is 3.90. The van der Waals surface area contributed by atoms with Crippen LogP contribution in [0.3, 0.4) is 0 Å². The van der Waals surface area contributed by atoms with Crippen LogP contribution in [0.15, 0.2) is 36.4 Å². The second-order valence-corrected chi connectivity index (χ2v) is 6.60. The molecule has 1 aliphatic heterocycles. The lowest BCUT2D eigenvalue weighted by molar-refractivity contribution is -0.112. The number of hydrogen-bond acceptors (Lipinski definition) is 3. The second kappa shape index (κ2) is 6.75. The van der Waals surface area contributed by atoms with E-state index in [1.54, 1.807) is 4.90 Å². The van der Waals surface area contributed by atoms with Gasteiger partial charge in [0.1, 0.15) is 12.0 Å². The molecule has 0 fully saturated rings. The predicted molar refractivity (Wildman–Crippen MR) is 102 cm³/mol. The fraction of sp³-hybridized carbons (Fsp3) is 0.238. The van der Waals surface area contributed by atoms with E-state index in [0.717, 1.165) is 16.8 Å². The van der Waals surface area contributed by atoms with Crippen molar-refractivity contribution in [2.24, 2.45) is 0 Å². The Bertz CT molecular complexity index is 914. The number of carbonyl (C=O) groups is 2. The fourth-order valence-electron chi connectivity index (χ4n) is 3.30. The van der Waals surface area contributed by atoms with Gasteiger partial charge in [-0.2, -0.15) is 0 Å². The van der Waals surface area contributed by atoms with E-state index in [2.05, 4.69) is 5.32 Å². The van der Waals surface area contributed by atoms with Crippen molar-refractivity contribution in [3.8, 4) is 0 Å². The monoisotopic (exact) mass is 352 g/mol. The van der Waals surface area contributed by atoms with Crippen LogP contribution < -0.4 is 10.2 Å². The molecular weight excluding hydrogens is 331 g/mol. The molecule has 0 radical (unpaired) electrons. The molecule has 0 spiro atoms. The van der Waals surface area contributed by atoms with Crippen LogP contribution in [0.25, 0.3) is 6.08 Å². The lowest BCUT2D eigenvalue weighted by Crippen LogP contribution is -2.48. The fourth-order valence-corrected chi connectivity index (χ4v) is 3.30. The molecular formula is C21H21FN2O2. The Labute approximate surface area is 152 Å². The highest BCUT2D eigenvalue weighted by molar-refractivity contribution is 6.13. The van der Waals surface area contributed by atoms with Gasteiger partial charge in [-0.3, -0.25) is 14.5 Å². The molecule has 0 saturated heterocycles. The molecule has 4 nitrogen and oxygen atoms in total. The molecule has 5 heteroatoms. The largest absolute Gasteiger partial charge is 0.364 e. The summed E-state index contributed by atoms with van der Waals surface area (Å²) in [7, 11) is 0. The van der Waals surface area contributed by atoms with Crippen LogP contribution in [0.2, 0.25) is 0 Å². The molecule has 1 N–H and O–H groups in total. The Morgan fingerprint density at radius 2 is 1.88 bits per heavy atom. The first kappa shape index (κ1) is 17.9. The maximum atomic E-state index is 14.3. The predicted octanol–water partition coefficient (Wildman–Crippen LogP) is 4.46. The number of fused-ring (bicyclic) bond motifs is 1. The average molecular weight is 352 g/mol. The standard InChI is InChI=1S/C21H21FN2O2/c1-12-6-5-7-13(2)20(12)24-15(4)23-19-11-18(22)16(9-8-14(3)25)10-17(19)21(24)26/h5-11,15,23H,1-4H3/b9-8+. The number of nitrogens with one attached hydrogen (secondary N) is 1. The van der Waals surface area contributed by atoms with Gasteiger partial charge in [-0.15, -0.1) is 0 Å². The van der Waals surface area contributed by atoms with Crippen LogP contribution in [0.4, 0.5) is 15.8 Å². The molecule has 1 heterocycles. The molecule has 26 heavy (non-hydrogen) atoms. The number of carbonyl (C=O) groups excluding carboxylic acids is 2. The molecule has 2 aromatic carbocycles. The van der Waals surface area contributed by atoms with Gasteiger partial charge >= 0.3 is 0 Å². The number of amides is 1. The lowest BCUT2D eigenvalue weighted by Gasteiger charge is -2.37. The Hall–Kier alpha value is -2.95. The van der Waals surface area contributed by atoms with E-state index >= 15 is 0 Å². The van der Waals surface area contributed by atoms with Gasteiger partial charge in [0.05, 0.1) is 16.9 Å². The minimum atomic E-state index is -0.478. The van der Waals surface area contributed by atoms with Gasteiger partial charge < -0.3 is 5.32 Å². The van der Waals surface area contributed by atoms with Crippen molar-refractivity contribution in [2.75, 3.05) is 10.2 Å². The number of para-hydroxylation sites is 1. The average Bonchev–Trinajstić information content (AvgIpc) is 2.55. The molecule has 3 rings (SSSR count). The van der Waals surface area contributed by atoms with Crippen molar-refractivity contribution < 1.29 is 14.0 Å². The number of hydrogen-bond donors (Lipinski definition) is 1. The Kier molecular flexibility index (Phi) is 4.64. The maximum Gasteiger partial charge on any atom is 0.262 e. The maximum absolute atomic E-state index is 14.3. The van der Waals surface area contributed by atoms with Crippen molar-refractivity contribution in [3.63, 3.8) is 0 Å². The number of aryl methyl sites for hydroxylation is 2. The van der Waals surface area contributed by atoms with Crippen molar-refractivity contribution in [1.82, 2.24) is 0 Å². The van der Waals surface area contributed by atoms with Gasteiger partial charge in [-0.25, -0.2) is 4.39 Å². The zero-order chi connectivity index (χ0) is 19.0. The molecule has 0 bridgehead atoms. The van der Waals surface area contributed by atoms with E-state index < -0.39 is 5.82 Å². The molecule has 1 unspecified atom stereocenters. The summed E-state index contributed by atoms with van der Waals surface area (Å²) in [6.45, 7) is 7.19. The van der Waals surface area contributed by atoms with Gasteiger partial charge in [0.2, 0.25) is 0 Å². The Balaban J connectivity index is 2.11. The van der Waals surface area contributed by atoms with E-state index in [1.165, 1.54) is 31.2 Å². The van der Waals surface area contributed by atoms with Crippen molar-refractivity contribution in [1.29, 1.82) is 0 Å². The summed E-state index contributed by atoms with van der Waals surface area (Å²) in [5.74, 6) is -0.854. The summed E-state index contributed by atoms with van der Waals surface area (Å²) in [5, 5.41) is 3.20. The first-order chi connectivity index (χ1) is 12.3. The van der Waals surface area contributed by atoms with Crippen LogP contribution in [-0.4, -0.2) is 17.9 Å². The minimum Gasteiger partial charge on any atom is -0.364 e. The highest BCUT2D eigenvalue weighted by Gasteiger charge is 2.32. The van der Waals surface area contributed by atoms with Crippen LogP contribution >= 0.6 is 0 Å². The second-order valence-electron chi connectivity index (χ2n) is 6.60. The zero-order valence-corrected chi connectivity index (χ0v) is 15.3. The minimum absolute atomic E-state index is 0.183. The molecule has 0 aliphatic carbocycles. The van der Waals surface area contributed by atoms with Crippen molar-refractivity contribution in [2.45, 2.75) is 33.9 Å². The topological polar surface area (TPSA) is 49.4 Å². The van der Waals surface area contributed by atoms with E-state index in [4.69, 9.17) is 0 Å². The number of allylic oxidation sites excluding steroid dienone is 1. The number of rotatable bonds is 3. The quantitative estimate of drug-likeness (QED) is 0.830. The van der Waals surface area contributed by atoms with Gasteiger partial charge in [-0.1, -0.05) is 18.2 Å². The van der Waals surface area contributed by atoms with E-state index in [9.17, 15) is 14.0 Å². The van der Waals surface area contributed by atoms with Gasteiger partial charge in [0.25, 0.3) is 5.91 Å². The smallest absolute Gasteiger partial charge is 0.262 e. The van der Waals surface area contributed by atoms with Crippen LogP contribution in [0.5, 0.6) is 0 Å². The lowest BCUT2D eigenvalue weighted by atomic mass is 10.00.